The normalized spacial score (nSPS) is 11.5. The largest absolute Gasteiger partial charge is 0.382 e. The molecule has 0 aliphatic rings. The molecule has 1 unspecified atom stereocenters. The number of anilines is 1. The topological polar surface area (TPSA) is 179 Å². The smallest absolute Gasteiger partial charge is 0.242 e. The summed E-state index contributed by atoms with van der Waals surface area (Å²) in [6.45, 7) is 9.00. The van der Waals surface area contributed by atoms with E-state index in [1.165, 1.54) is 19.8 Å². The Kier molecular flexibility index (Phi) is 11.6. The molecule has 0 fully saturated rings. The molecule has 2 amide bonds. The molecule has 0 spiro atoms. The van der Waals surface area contributed by atoms with E-state index >= 15 is 0 Å². The maximum Gasteiger partial charge on any atom is 0.242 e. The van der Waals surface area contributed by atoms with E-state index in [1.807, 2.05) is 31.2 Å². The molecular formula is C26H41N9O2. The third kappa shape index (κ3) is 8.33. The summed E-state index contributed by atoms with van der Waals surface area (Å²) in [5.41, 5.74) is 19.2. The van der Waals surface area contributed by atoms with Crippen LogP contribution >= 0.6 is 0 Å². The van der Waals surface area contributed by atoms with Crippen LogP contribution in [0.15, 0.2) is 29.3 Å². The summed E-state index contributed by atoms with van der Waals surface area (Å²) in [4.78, 5) is 37.4. The molecule has 0 aliphatic heterocycles. The number of nitrogens with one attached hydrogen (secondary N) is 2. The molecule has 1 atom stereocenters. The average molecular weight is 512 g/mol. The maximum absolute atomic E-state index is 12.8. The number of hydrogen-bond donors (Lipinski definition) is 5. The SMILES string of the molecule is CCCC.CCc1nc2c(N)nc3ccccc3c2n1CCNC(=O)C(CCCN=C(N)N)NC(C)=O. The van der Waals surface area contributed by atoms with Crippen molar-refractivity contribution < 1.29 is 9.59 Å². The van der Waals surface area contributed by atoms with Gasteiger partial charge >= 0.3 is 0 Å². The minimum atomic E-state index is -0.664. The molecule has 0 bridgehead atoms. The Labute approximate surface area is 218 Å². The molecule has 8 N–H and O–H groups in total. The molecule has 11 nitrogen and oxygen atoms in total. The second-order valence-electron chi connectivity index (χ2n) is 8.74. The van der Waals surface area contributed by atoms with E-state index < -0.39 is 6.04 Å². The summed E-state index contributed by atoms with van der Waals surface area (Å²) in [6, 6.07) is 7.10. The van der Waals surface area contributed by atoms with E-state index in [4.69, 9.17) is 22.2 Å². The third-order valence-corrected chi connectivity index (χ3v) is 5.78. The molecule has 3 aromatic rings. The van der Waals surface area contributed by atoms with Crippen LogP contribution in [0, 0.1) is 0 Å². The summed E-state index contributed by atoms with van der Waals surface area (Å²) in [5, 5.41) is 6.56. The lowest BCUT2D eigenvalue weighted by atomic mass is 10.1. The van der Waals surface area contributed by atoms with Gasteiger partial charge in [-0.15, -0.1) is 0 Å². The highest BCUT2D eigenvalue weighted by Gasteiger charge is 2.20. The summed E-state index contributed by atoms with van der Waals surface area (Å²) in [7, 11) is 0. The molecule has 0 aliphatic carbocycles. The number of nitrogen functional groups attached to an aromatic ring is 1. The first-order valence-corrected chi connectivity index (χ1v) is 12.9. The van der Waals surface area contributed by atoms with Gasteiger partial charge in [-0.25, -0.2) is 9.97 Å². The standard InChI is InChI=1S/C22H31N9O2.C4H10/c1-3-17-30-18-19(14-7-4-5-8-15(14)29-20(18)23)31(17)12-11-26-21(33)16(28-13(2)32)9-6-10-27-22(24)25;1-3-4-2/h4-5,7-8,16H,3,6,9-12H2,1-2H3,(H2,23,29)(H,26,33)(H,28,32)(H4,24,25,27);3-4H2,1-2H3. The number of amides is 2. The predicted molar refractivity (Wildman–Crippen MR) is 150 cm³/mol. The second kappa shape index (κ2) is 14.6. The molecule has 0 saturated heterocycles. The van der Waals surface area contributed by atoms with Gasteiger partial charge in [-0.1, -0.05) is 51.8 Å². The third-order valence-electron chi connectivity index (χ3n) is 5.78. The average Bonchev–Trinajstić information content (AvgIpc) is 3.25. The predicted octanol–water partition coefficient (Wildman–Crippen LogP) is 2.21. The van der Waals surface area contributed by atoms with Crippen LogP contribution < -0.4 is 27.8 Å². The van der Waals surface area contributed by atoms with Gasteiger partial charge in [0.15, 0.2) is 11.8 Å². The second-order valence-corrected chi connectivity index (χ2v) is 8.74. The molecule has 202 valence electrons. The quantitative estimate of drug-likeness (QED) is 0.149. The molecule has 0 saturated carbocycles. The lowest BCUT2D eigenvalue weighted by Crippen LogP contribution is -2.46. The fourth-order valence-electron chi connectivity index (χ4n) is 3.85. The lowest BCUT2D eigenvalue weighted by molar-refractivity contribution is -0.128. The first kappa shape index (κ1) is 29.3. The molecule has 1 aromatic carbocycles. The van der Waals surface area contributed by atoms with Gasteiger partial charge in [0.05, 0.1) is 11.0 Å². The van der Waals surface area contributed by atoms with Gasteiger partial charge in [-0.05, 0) is 18.9 Å². The van der Waals surface area contributed by atoms with Crippen LogP contribution in [0.5, 0.6) is 0 Å². The molecule has 0 radical (unpaired) electrons. The number of guanidine groups is 1. The van der Waals surface area contributed by atoms with E-state index in [2.05, 4.69) is 39.0 Å². The molecule has 3 rings (SSSR count). The van der Waals surface area contributed by atoms with Crippen LogP contribution in [0.4, 0.5) is 5.82 Å². The summed E-state index contributed by atoms with van der Waals surface area (Å²) >= 11 is 0. The van der Waals surface area contributed by atoms with Crippen molar-refractivity contribution in [1.29, 1.82) is 0 Å². The summed E-state index contributed by atoms with van der Waals surface area (Å²) in [5.74, 6) is 0.703. The van der Waals surface area contributed by atoms with Crippen molar-refractivity contribution >= 4 is 45.5 Å². The molecule has 2 heterocycles. The van der Waals surface area contributed by atoms with E-state index in [-0.39, 0.29) is 17.8 Å². The number of benzene rings is 1. The van der Waals surface area contributed by atoms with Gasteiger partial charge < -0.3 is 32.4 Å². The summed E-state index contributed by atoms with van der Waals surface area (Å²) in [6.07, 6.45) is 4.32. The Morgan fingerprint density at radius 1 is 1.11 bits per heavy atom. The highest BCUT2D eigenvalue weighted by molar-refractivity contribution is 6.06. The van der Waals surface area contributed by atoms with Crippen LogP contribution in [-0.4, -0.2) is 51.4 Å². The van der Waals surface area contributed by atoms with Crippen molar-refractivity contribution in [2.75, 3.05) is 18.8 Å². The van der Waals surface area contributed by atoms with Crippen molar-refractivity contribution in [1.82, 2.24) is 25.2 Å². The number of carbonyl (C=O) groups is 2. The van der Waals surface area contributed by atoms with E-state index in [1.54, 1.807) is 0 Å². The zero-order valence-electron chi connectivity index (χ0n) is 22.4. The Morgan fingerprint density at radius 2 is 1.81 bits per heavy atom. The molecular weight excluding hydrogens is 470 g/mol. The van der Waals surface area contributed by atoms with Gasteiger partial charge in [0.25, 0.3) is 0 Å². The maximum atomic E-state index is 12.8. The zero-order valence-corrected chi connectivity index (χ0v) is 22.4. The molecule has 11 heteroatoms. The number of nitrogens with two attached hydrogens (primary N) is 3. The fourth-order valence-corrected chi connectivity index (χ4v) is 3.85. The van der Waals surface area contributed by atoms with Crippen LogP contribution in [0.2, 0.25) is 0 Å². The number of fused-ring (bicyclic) bond motifs is 3. The monoisotopic (exact) mass is 511 g/mol. The zero-order chi connectivity index (χ0) is 27.4. The highest BCUT2D eigenvalue weighted by Crippen LogP contribution is 2.28. The lowest BCUT2D eigenvalue weighted by Gasteiger charge is -2.18. The van der Waals surface area contributed by atoms with Gasteiger partial charge in [0.2, 0.25) is 11.8 Å². The number of imidazole rings is 1. The number of pyridine rings is 1. The number of para-hydroxylation sites is 1. The number of carbonyl (C=O) groups excluding carboxylic acids is 2. The first-order valence-electron chi connectivity index (χ1n) is 12.9. The number of nitrogens with zero attached hydrogens (tertiary/aromatic N) is 4. The van der Waals surface area contributed by atoms with E-state index in [9.17, 15) is 9.59 Å². The van der Waals surface area contributed by atoms with Crippen molar-refractivity contribution in [3.05, 3.63) is 30.1 Å². The van der Waals surface area contributed by atoms with Gasteiger partial charge in [-0.2, -0.15) is 0 Å². The van der Waals surface area contributed by atoms with Crippen molar-refractivity contribution in [2.24, 2.45) is 16.5 Å². The Bertz CT molecular complexity index is 1210. The number of aryl methyl sites for hydroxylation is 1. The van der Waals surface area contributed by atoms with Crippen LogP contribution in [-0.2, 0) is 22.6 Å². The first-order chi connectivity index (χ1) is 17.7. The number of aromatic nitrogens is 3. The van der Waals surface area contributed by atoms with Crippen molar-refractivity contribution in [3.8, 4) is 0 Å². The minimum Gasteiger partial charge on any atom is -0.382 e. The fraction of sp³-hybridized carbons (Fsp3) is 0.500. The van der Waals surface area contributed by atoms with E-state index in [0.717, 1.165) is 22.2 Å². The van der Waals surface area contributed by atoms with Gasteiger partial charge in [0, 0.05) is 38.4 Å². The number of aliphatic imine (C=N–C) groups is 1. The number of hydrogen-bond acceptors (Lipinski definition) is 6. The highest BCUT2D eigenvalue weighted by atomic mass is 16.2. The van der Waals surface area contributed by atoms with Crippen LogP contribution in [0.1, 0.15) is 59.2 Å². The number of unbranched alkanes of at least 4 members (excludes halogenated alkanes) is 1. The van der Waals surface area contributed by atoms with E-state index in [0.29, 0.717) is 50.2 Å². The van der Waals surface area contributed by atoms with Crippen molar-refractivity contribution in [3.63, 3.8) is 0 Å². The van der Waals surface area contributed by atoms with Crippen molar-refractivity contribution in [2.45, 2.75) is 72.4 Å². The molecule has 37 heavy (non-hydrogen) atoms. The summed E-state index contributed by atoms with van der Waals surface area (Å²) < 4.78 is 2.07. The van der Waals surface area contributed by atoms with Crippen LogP contribution in [0.3, 0.4) is 0 Å². The Hall–Kier alpha value is -3.89. The number of rotatable bonds is 11. The van der Waals surface area contributed by atoms with Crippen LogP contribution in [0.25, 0.3) is 21.9 Å². The Balaban J connectivity index is 0.00000112. The minimum absolute atomic E-state index is 0.00169. The van der Waals surface area contributed by atoms with Gasteiger partial charge in [0.1, 0.15) is 17.4 Å². The molecule has 2 aromatic heterocycles. The Morgan fingerprint density at radius 3 is 2.43 bits per heavy atom. The van der Waals surface area contributed by atoms with Gasteiger partial charge in [-0.3, -0.25) is 14.6 Å².